The fraction of sp³-hybridized carbons (Fsp3) is 0. The van der Waals surface area contributed by atoms with Gasteiger partial charge < -0.3 is 5.32 Å². The predicted molar refractivity (Wildman–Crippen MR) is 150 cm³/mol. The number of nitrogens with one attached hydrogen (secondary N) is 3. The van der Waals surface area contributed by atoms with Gasteiger partial charge in [0.15, 0.2) is 0 Å². The lowest BCUT2D eigenvalue weighted by Crippen LogP contribution is -2.16. The highest BCUT2D eigenvalue weighted by atomic mass is 35.5. The summed E-state index contributed by atoms with van der Waals surface area (Å²) in [5, 5.41) is 3.07. The minimum Gasteiger partial charge on any atom is -0.322 e. The van der Waals surface area contributed by atoms with Gasteiger partial charge in [0.1, 0.15) is 4.90 Å². The van der Waals surface area contributed by atoms with E-state index in [-0.39, 0.29) is 41.8 Å². The van der Waals surface area contributed by atoms with Gasteiger partial charge >= 0.3 is 0 Å². The van der Waals surface area contributed by atoms with Crippen LogP contribution in [-0.2, 0) is 20.0 Å². The average molecular weight is 611 g/mol. The van der Waals surface area contributed by atoms with E-state index in [1.807, 2.05) is 0 Å². The van der Waals surface area contributed by atoms with Crippen molar-refractivity contribution < 1.29 is 21.6 Å². The lowest BCUT2D eigenvalue weighted by atomic mass is 10.2. The Balaban J connectivity index is 1.50. The number of carbonyl (C=O) groups excluding carboxylic acids is 1. The van der Waals surface area contributed by atoms with E-state index in [1.165, 1.54) is 54.6 Å². The highest BCUT2D eigenvalue weighted by Crippen LogP contribution is 2.27. The first-order chi connectivity index (χ1) is 17.9. The lowest BCUT2D eigenvalue weighted by Gasteiger charge is -2.12. The van der Waals surface area contributed by atoms with Crippen LogP contribution < -0.4 is 14.8 Å². The van der Waals surface area contributed by atoms with Gasteiger partial charge in [0.2, 0.25) is 0 Å². The summed E-state index contributed by atoms with van der Waals surface area (Å²) in [6.45, 7) is 0. The first-order valence-electron chi connectivity index (χ1n) is 10.7. The Morgan fingerprint density at radius 1 is 0.605 bits per heavy atom. The summed E-state index contributed by atoms with van der Waals surface area (Å²) < 4.78 is 55.9. The summed E-state index contributed by atoms with van der Waals surface area (Å²) in [5.41, 5.74) is 0.831. The van der Waals surface area contributed by atoms with Crippen LogP contribution in [0.25, 0.3) is 0 Å². The van der Waals surface area contributed by atoms with E-state index in [1.54, 1.807) is 30.3 Å². The number of anilines is 3. The molecule has 196 valence electrons. The van der Waals surface area contributed by atoms with Gasteiger partial charge in [-0.05, 0) is 72.8 Å². The molecular weight excluding hydrogens is 593 g/mol. The van der Waals surface area contributed by atoms with Gasteiger partial charge in [-0.25, -0.2) is 16.8 Å². The van der Waals surface area contributed by atoms with Crippen LogP contribution in [0.5, 0.6) is 0 Å². The molecule has 4 aromatic rings. The number of benzene rings is 4. The summed E-state index contributed by atoms with van der Waals surface area (Å²) in [7, 11) is -8.04. The maximum absolute atomic E-state index is 12.9. The summed E-state index contributed by atoms with van der Waals surface area (Å²) in [6, 6.07) is 21.7. The molecule has 0 aliphatic carbocycles. The zero-order valence-electron chi connectivity index (χ0n) is 19.2. The highest BCUT2D eigenvalue weighted by Gasteiger charge is 2.21. The molecular formula is C25H18Cl3N3O5S2. The molecule has 0 fully saturated rings. The van der Waals surface area contributed by atoms with Gasteiger partial charge in [-0.1, -0.05) is 53.0 Å². The van der Waals surface area contributed by atoms with Crippen molar-refractivity contribution in [1.29, 1.82) is 0 Å². The molecule has 0 spiro atoms. The minimum atomic E-state index is -4.08. The van der Waals surface area contributed by atoms with E-state index in [0.717, 1.165) is 6.07 Å². The number of hydrogen-bond acceptors (Lipinski definition) is 5. The summed E-state index contributed by atoms with van der Waals surface area (Å²) in [4.78, 5) is 12.5. The Morgan fingerprint density at radius 2 is 1.21 bits per heavy atom. The molecule has 0 saturated carbocycles. The molecule has 13 heteroatoms. The number of halogens is 3. The number of rotatable bonds is 8. The number of sulfonamides is 2. The first-order valence-corrected chi connectivity index (χ1v) is 14.8. The zero-order valence-corrected chi connectivity index (χ0v) is 23.1. The third-order valence-electron chi connectivity index (χ3n) is 5.05. The third-order valence-corrected chi connectivity index (χ3v) is 8.74. The predicted octanol–water partition coefficient (Wildman–Crippen LogP) is 6.50. The van der Waals surface area contributed by atoms with E-state index in [2.05, 4.69) is 14.8 Å². The van der Waals surface area contributed by atoms with E-state index < -0.39 is 26.0 Å². The van der Waals surface area contributed by atoms with Crippen molar-refractivity contribution in [2.45, 2.75) is 9.79 Å². The number of amides is 1. The average Bonchev–Trinajstić information content (AvgIpc) is 2.84. The molecule has 0 aromatic heterocycles. The lowest BCUT2D eigenvalue weighted by molar-refractivity contribution is 0.102. The van der Waals surface area contributed by atoms with Crippen LogP contribution in [-0.4, -0.2) is 22.7 Å². The van der Waals surface area contributed by atoms with Crippen molar-refractivity contribution in [3.05, 3.63) is 112 Å². The highest BCUT2D eigenvalue weighted by molar-refractivity contribution is 7.93. The van der Waals surface area contributed by atoms with Crippen molar-refractivity contribution in [1.82, 2.24) is 0 Å². The summed E-state index contributed by atoms with van der Waals surface area (Å²) in [6.07, 6.45) is 0. The molecule has 0 aliphatic rings. The quantitative estimate of drug-likeness (QED) is 0.210. The molecule has 8 nitrogen and oxygen atoms in total. The Hall–Kier alpha value is -3.28. The van der Waals surface area contributed by atoms with Crippen LogP contribution in [0, 0.1) is 0 Å². The summed E-state index contributed by atoms with van der Waals surface area (Å²) in [5.74, 6) is -0.625. The van der Waals surface area contributed by atoms with Crippen LogP contribution in [0.4, 0.5) is 17.1 Å². The van der Waals surface area contributed by atoms with Crippen molar-refractivity contribution in [2.75, 3.05) is 14.8 Å². The molecule has 4 rings (SSSR count). The number of para-hydroxylation sites is 1. The van der Waals surface area contributed by atoms with Crippen LogP contribution in [0.15, 0.2) is 101 Å². The smallest absolute Gasteiger partial charge is 0.263 e. The molecule has 0 radical (unpaired) electrons. The molecule has 0 aliphatic heterocycles. The van der Waals surface area contributed by atoms with Crippen LogP contribution in [0.1, 0.15) is 10.4 Å². The topological polar surface area (TPSA) is 121 Å². The molecule has 0 bridgehead atoms. The molecule has 38 heavy (non-hydrogen) atoms. The fourth-order valence-corrected chi connectivity index (χ4v) is 6.47. The first kappa shape index (κ1) is 27.7. The molecule has 0 atom stereocenters. The van der Waals surface area contributed by atoms with Gasteiger partial charge in [-0.2, -0.15) is 0 Å². The Bertz CT molecular complexity index is 1700. The monoisotopic (exact) mass is 609 g/mol. The molecule has 3 N–H and O–H groups in total. The molecule has 1 amide bonds. The summed E-state index contributed by atoms with van der Waals surface area (Å²) >= 11 is 18.0. The number of hydrogen-bond donors (Lipinski definition) is 3. The Morgan fingerprint density at radius 3 is 1.84 bits per heavy atom. The second kappa shape index (κ2) is 11.2. The van der Waals surface area contributed by atoms with E-state index in [9.17, 15) is 21.6 Å². The standard InChI is InChI=1S/C25H18Cl3N3O5S2/c26-17-13-18(27)15-21(14-17)31-37(33,34)22-9-7-19(8-10-22)29-25(32)16-6-11-23(28)24(12-16)38(35,36)30-20-4-2-1-3-5-20/h1-15,30-31H,(H,29,32). The molecule has 0 saturated heterocycles. The van der Waals surface area contributed by atoms with Crippen molar-refractivity contribution in [3.63, 3.8) is 0 Å². The minimum absolute atomic E-state index is 0.0269. The Kier molecular flexibility index (Phi) is 8.19. The molecule has 0 heterocycles. The zero-order chi connectivity index (χ0) is 27.5. The maximum Gasteiger partial charge on any atom is 0.263 e. The Labute approximate surface area is 234 Å². The van der Waals surface area contributed by atoms with Crippen LogP contribution in [0.2, 0.25) is 15.1 Å². The van der Waals surface area contributed by atoms with Crippen molar-refractivity contribution in [3.8, 4) is 0 Å². The fourth-order valence-electron chi connectivity index (χ4n) is 3.31. The van der Waals surface area contributed by atoms with Gasteiger partial charge in [0.25, 0.3) is 26.0 Å². The van der Waals surface area contributed by atoms with Gasteiger partial charge in [0, 0.05) is 27.0 Å². The van der Waals surface area contributed by atoms with Gasteiger partial charge in [-0.3, -0.25) is 14.2 Å². The largest absolute Gasteiger partial charge is 0.322 e. The van der Waals surface area contributed by atoms with Crippen LogP contribution in [0.3, 0.4) is 0 Å². The second-order valence-electron chi connectivity index (χ2n) is 7.86. The normalized spacial score (nSPS) is 11.6. The van der Waals surface area contributed by atoms with E-state index >= 15 is 0 Å². The third kappa shape index (κ3) is 6.77. The maximum atomic E-state index is 12.9. The van der Waals surface area contributed by atoms with E-state index in [4.69, 9.17) is 34.8 Å². The van der Waals surface area contributed by atoms with Crippen molar-refractivity contribution >= 4 is 77.8 Å². The SMILES string of the molecule is O=C(Nc1ccc(S(=O)(=O)Nc2cc(Cl)cc(Cl)c2)cc1)c1ccc(Cl)c(S(=O)(=O)Nc2ccccc2)c1. The molecule has 0 unspecified atom stereocenters. The number of carbonyl (C=O) groups is 1. The van der Waals surface area contributed by atoms with E-state index in [0.29, 0.717) is 5.69 Å². The molecule has 4 aromatic carbocycles. The van der Waals surface area contributed by atoms with Gasteiger partial charge in [0.05, 0.1) is 15.6 Å². The van der Waals surface area contributed by atoms with Crippen molar-refractivity contribution in [2.24, 2.45) is 0 Å². The van der Waals surface area contributed by atoms with Gasteiger partial charge in [-0.15, -0.1) is 0 Å². The van der Waals surface area contributed by atoms with Crippen LogP contribution >= 0.6 is 34.8 Å². The second-order valence-corrected chi connectivity index (χ2v) is 12.5.